The molecule has 0 radical (unpaired) electrons. The average Bonchev–Trinajstić information content (AvgIpc) is 3.83. The smallest absolute Gasteiger partial charge is 0.253 e. The van der Waals surface area contributed by atoms with E-state index < -0.39 is 0 Å². The SMILES string of the molecule is O=C(NCc1nnc(SCC(=O)N2N=C(c3cccs3)C[C@@H]2c2ccc(F)cc2)n1CCc1ccccc1)c1ccccc1. The van der Waals surface area contributed by atoms with Gasteiger partial charge < -0.3 is 9.88 Å². The van der Waals surface area contributed by atoms with Crippen molar-refractivity contribution in [2.45, 2.75) is 37.1 Å². The Morgan fingerprint density at radius 3 is 2.41 bits per heavy atom. The number of hydrazone groups is 1. The molecule has 0 fully saturated rings. The van der Waals surface area contributed by atoms with Crippen LogP contribution in [0.15, 0.2) is 113 Å². The van der Waals surface area contributed by atoms with Crippen LogP contribution in [0.25, 0.3) is 0 Å². The lowest BCUT2D eigenvalue weighted by molar-refractivity contribution is -0.130. The number of benzene rings is 3. The van der Waals surface area contributed by atoms with Gasteiger partial charge >= 0.3 is 0 Å². The van der Waals surface area contributed by atoms with Crippen molar-refractivity contribution < 1.29 is 14.0 Å². The number of rotatable bonds is 11. The van der Waals surface area contributed by atoms with E-state index in [4.69, 9.17) is 5.10 Å². The summed E-state index contributed by atoms with van der Waals surface area (Å²) in [5.41, 5.74) is 3.37. The van der Waals surface area contributed by atoms with Crippen LogP contribution in [0.1, 0.15) is 44.6 Å². The second-order valence-electron chi connectivity index (χ2n) is 10.2. The highest BCUT2D eigenvalue weighted by Crippen LogP contribution is 2.34. The van der Waals surface area contributed by atoms with E-state index >= 15 is 0 Å². The molecule has 3 aromatic carbocycles. The molecular formula is C33H29FN6O2S2. The molecule has 222 valence electrons. The van der Waals surface area contributed by atoms with Crippen LogP contribution in [0.5, 0.6) is 0 Å². The molecule has 0 saturated carbocycles. The predicted octanol–water partition coefficient (Wildman–Crippen LogP) is 6.12. The molecule has 0 saturated heterocycles. The van der Waals surface area contributed by atoms with Crippen LogP contribution >= 0.6 is 23.1 Å². The van der Waals surface area contributed by atoms with Crippen molar-refractivity contribution in [1.29, 1.82) is 0 Å². The Hall–Kier alpha value is -4.61. The highest BCUT2D eigenvalue weighted by molar-refractivity contribution is 7.99. The van der Waals surface area contributed by atoms with Gasteiger partial charge in [-0.1, -0.05) is 78.5 Å². The number of aromatic nitrogens is 3. The maximum atomic E-state index is 13.7. The number of amides is 2. The van der Waals surface area contributed by atoms with Crippen LogP contribution in [0.4, 0.5) is 4.39 Å². The van der Waals surface area contributed by atoms with Gasteiger partial charge in [-0.15, -0.1) is 21.5 Å². The zero-order valence-electron chi connectivity index (χ0n) is 23.7. The van der Waals surface area contributed by atoms with Gasteiger partial charge in [0.2, 0.25) is 0 Å². The number of thiophene rings is 1. The zero-order chi connectivity index (χ0) is 30.3. The van der Waals surface area contributed by atoms with Crippen molar-refractivity contribution in [2.75, 3.05) is 5.75 Å². The molecule has 0 bridgehead atoms. The van der Waals surface area contributed by atoms with Crippen molar-refractivity contribution in [3.63, 3.8) is 0 Å². The van der Waals surface area contributed by atoms with Crippen LogP contribution in [-0.4, -0.2) is 43.1 Å². The molecule has 5 aromatic rings. The fourth-order valence-corrected chi connectivity index (χ4v) is 6.54. The van der Waals surface area contributed by atoms with E-state index in [2.05, 4.69) is 27.6 Å². The summed E-state index contributed by atoms with van der Waals surface area (Å²) in [4.78, 5) is 27.4. The standard InChI is InChI=1S/C33H29FN6O2S2/c34-26-15-13-24(14-16-26)28-20-27(29-12-7-19-43-29)38-40(28)31(41)22-44-33-37-36-30(21-35-32(42)25-10-5-2-6-11-25)39(33)18-17-23-8-3-1-4-9-23/h1-16,19,28H,17-18,20-22H2,(H,35,42)/t28-/m1/s1. The largest absolute Gasteiger partial charge is 0.345 e. The summed E-state index contributed by atoms with van der Waals surface area (Å²) in [5, 5.41) is 20.5. The Balaban J connectivity index is 1.19. The van der Waals surface area contributed by atoms with Crippen molar-refractivity contribution in [3.05, 3.63) is 136 Å². The second-order valence-corrected chi connectivity index (χ2v) is 12.0. The maximum absolute atomic E-state index is 13.7. The van der Waals surface area contributed by atoms with Gasteiger partial charge in [0.15, 0.2) is 11.0 Å². The number of hydrogen-bond acceptors (Lipinski definition) is 7. The summed E-state index contributed by atoms with van der Waals surface area (Å²) >= 11 is 2.86. The third-order valence-electron chi connectivity index (χ3n) is 7.25. The summed E-state index contributed by atoms with van der Waals surface area (Å²) in [6, 6.07) is 28.9. The molecule has 3 heterocycles. The van der Waals surface area contributed by atoms with E-state index in [0.717, 1.165) is 28.1 Å². The minimum absolute atomic E-state index is 0.0821. The first-order chi connectivity index (χ1) is 21.5. The van der Waals surface area contributed by atoms with Gasteiger partial charge in [0, 0.05) is 18.5 Å². The third-order valence-corrected chi connectivity index (χ3v) is 9.12. The molecule has 2 amide bonds. The number of nitrogens with one attached hydrogen (secondary N) is 1. The number of carbonyl (C=O) groups is 2. The number of carbonyl (C=O) groups excluding carboxylic acids is 2. The Morgan fingerprint density at radius 2 is 1.68 bits per heavy atom. The summed E-state index contributed by atoms with van der Waals surface area (Å²) in [5.74, 6) is -0.0346. The minimum Gasteiger partial charge on any atom is -0.345 e. The fourth-order valence-electron chi connectivity index (χ4n) is 4.99. The molecule has 6 rings (SSSR count). The van der Waals surface area contributed by atoms with Crippen LogP contribution in [0.2, 0.25) is 0 Å². The molecule has 1 N–H and O–H groups in total. The van der Waals surface area contributed by atoms with Crippen molar-refractivity contribution >= 4 is 40.6 Å². The first-order valence-corrected chi connectivity index (χ1v) is 16.0. The quantitative estimate of drug-likeness (QED) is 0.179. The van der Waals surface area contributed by atoms with Crippen LogP contribution in [-0.2, 0) is 24.3 Å². The van der Waals surface area contributed by atoms with Crippen molar-refractivity contribution in [1.82, 2.24) is 25.1 Å². The first kappa shape index (κ1) is 29.5. The Bertz CT molecular complexity index is 1740. The molecule has 2 aromatic heterocycles. The molecule has 1 aliphatic rings. The molecule has 44 heavy (non-hydrogen) atoms. The average molecular weight is 625 g/mol. The monoisotopic (exact) mass is 624 g/mol. The van der Waals surface area contributed by atoms with Gasteiger partial charge in [-0.2, -0.15) is 5.10 Å². The van der Waals surface area contributed by atoms with Crippen LogP contribution < -0.4 is 5.32 Å². The molecule has 0 aliphatic carbocycles. The topological polar surface area (TPSA) is 92.5 Å². The lowest BCUT2D eigenvalue weighted by Crippen LogP contribution is -2.28. The summed E-state index contributed by atoms with van der Waals surface area (Å²) in [6.45, 7) is 0.768. The minimum atomic E-state index is -0.333. The van der Waals surface area contributed by atoms with Gasteiger partial charge in [-0.05, 0) is 53.3 Å². The van der Waals surface area contributed by atoms with E-state index in [1.807, 2.05) is 58.5 Å². The highest BCUT2D eigenvalue weighted by Gasteiger charge is 2.33. The molecule has 0 spiro atoms. The van der Waals surface area contributed by atoms with Gasteiger partial charge in [0.25, 0.3) is 11.8 Å². The maximum Gasteiger partial charge on any atom is 0.253 e. The van der Waals surface area contributed by atoms with Crippen molar-refractivity contribution in [2.24, 2.45) is 5.10 Å². The van der Waals surface area contributed by atoms with E-state index in [-0.39, 0.29) is 36.0 Å². The van der Waals surface area contributed by atoms with Gasteiger partial charge in [0.05, 0.1) is 28.9 Å². The lowest BCUT2D eigenvalue weighted by atomic mass is 10.0. The normalized spacial score (nSPS) is 14.4. The first-order valence-electron chi connectivity index (χ1n) is 14.2. The highest BCUT2D eigenvalue weighted by atomic mass is 32.2. The second kappa shape index (κ2) is 13.8. The molecule has 8 nitrogen and oxygen atoms in total. The van der Waals surface area contributed by atoms with E-state index in [1.165, 1.54) is 28.9 Å². The number of halogens is 1. The molecule has 11 heteroatoms. The lowest BCUT2D eigenvalue weighted by Gasteiger charge is -2.22. The fraction of sp³-hybridized carbons (Fsp3) is 0.182. The predicted molar refractivity (Wildman–Crippen MR) is 170 cm³/mol. The van der Waals surface area contributed by atoms with E-state index in [9.17, 15) is 14.0 Å². The van der Waals surface area contributed by atoms with Crippen LogP contribution in [0.3, 0.4) is 0 Å². The summed E-state index contributed by atoms with van der Waals surface area (Å²) in [7, 11) is 0. The van der Waals surface area contributed by atoms with E-state index in [0.29, 0.717) is 29.5 Å². The van der Waals surface area contributed by atoms with Gasteiger partial charge in [0.1, 0.15) is 5.82 Å². The number of thioether (sulfide) groups is 1. The molecular weight excluding hydrogens is 596 g/mol. The molecule has 1 aliphatic heterocycles. The number of hydrogen-bond donors (Lipinski definition) is 1. The zero-order valence-corrected chi connectivity index (χ0v) is 25.3. The number of nitrogens with zero attached hydrogens (tertiary/aromatic N) is 5. The Labute approximate surface area is 262 Å². The summed E-state index contributed by atoms with van der Waals surface area (Å²) in [6.07, 6.45) is 1.27. The van der Waals surface area contributed by atoms with E-state index in [1.54, 1.807) is 35.6 Å². The molecule has 0 unspecified atom stereocenters. The summed E-state index contributed by atoms with van der Waals surface area (Å²) < 4.78 is 15.6. The number of aryl methyl sites for hydroxylation is 1. The Morgan fingerprint density at radius 1 is 0.932 bits per heavy atom. The Kier molecular flexibility index (Phi) is 9.23. The third kappa shape index (κ3) is 6.95. The van der Waals surface area contributed by atoms with Crippen molar-refractivity contribution in [3.8, 4) is 0 Å². The van der Waals surface area contributed by atoms with Gasteiger partial charge in [-0.25, -0.2) is 9.40 Å². The van der Waals surface area contributed by atoms with Crippen LogP contribution in [0, 0.1) is 5.82 Å². The van der Waals surface area contributed by atoms with Gasteiger partial charge in [-0.3, -0.25) is 9.59 Å². The molecule has 1 atom stereocenters.